The minimum Gasteiger partial charge on any atom is -0.341 e. The molecule has 2 fully saturated rings. The molecule has 3 rings (SSSR count). The molecule has 3 heterocycles. The number of rotatable bonds is 4. The van der Waals surface area contributed by atoms with E-state index in [1.807, 2.05) is 4.90 Å². The average Bonchev–Trinajstić information content (AvgIpc) is 3.16. The summed E-state index contributed by atoms with van der Waals surface area (Å²) in [6, 6.07) is -0.431. The number of aromatic nitrogens is 2. The standard InChI is InChI=1S/C17H25N5O2/c1-2-5-14-13(10-19-12-20-14)16(23)22-9-6-18-11-15(22)17(24)21-7-3-4-8-21/h10,12,15,18H,2-9,11H2,1H3. The summed E-state index contributed by atoms with van der Waals surface area (Å²) in [7, 11) is 0. The van der Waals surface area contributed by atoms with E-state index < -0.39 is 6.04 Å². The van der Waals surface area contributed by atoms with Gasteiger partial charge in [-0.2, -0.15) is 0 Å². The average molecular weight is 331 g/mol. The Morgan fingerprint density at radius 3 is 2.83 bits per heavy atom. The number of nitrogens with zero attached hydrogens (tertiary/aromatic N) is 4. The monoisotopic (exact) mass is 331 g/mol. The molecule has 1 N–H and O–H groups in total. The van der Waals surface area contributed by atoms with Crippen LogP contribution in [0.3, 0.4) is 0 Å². The molecule has 1 aromatic heterocycles. The Hall–Kier alpha value is -2.02. The van der Waals surface area contributed by atoms with Crippen LogP contribution in [0.25, 0.3) is 0 Å². The van der Waals surface area contributed by atoms with Gasteiger partial charge in [-0.1, -0.05) is 13.3 Å². The largest absolute Gasteiger partial charge is 0.341 e. The van der Waals surface area contributed by atoms with Crippen molar-refractivity contribution < 1.29 is 9.59 Å². The number of aryl methyl sites for hydroxylation is 1. The number of amides is 2. The molecular weight excluding hydrogens is 306 g/mol. The predicted molar refractivity (Wildman–Crippen MR) is 89.5 cm³/mol. The lowest BCUT2D eigenvalue weighted by atomic mass is 10.1. The molecule has 0 aliphatic carbocycles. The quantitative estimate of drug-likeness (QED) is 0.867. The minimum absolute atomic E-state index is 0.0574. The van der Waals surface area contributed by atoms with Crippen molar-refractivity contribution in [3.05, 3.63) is 23.8 Å². The van der Waals surface area contributed by atoms with E-state index in [1.165, 1.54) is 6.33 Å². The molecule has 24 heavy (non-hydrogen) atoms. The van der Waals surface area contributed by atoms with Gasteiger partial charge >= 0.3 is 0 Å². The summed E-state index contributed by atoms with van der Waals surface area (Å²) >= 11 is 0. The molecule has 1 unspecified atom stereocenters. The summed E-state index contributed by atoms with van der Waals surface area (Å²) in [5, 5.41) is 3.24. The second-order valence-corrected chi connectivity index (χ2v) is 6.38. The summed E-state index contributed by atoms with van der Waals surface area (Å²) in [5.74, 6) is -0.0694. The first-order valence-electron chi connectivity index (χ1n) is 8.81. The number of hydrogen-bond acceptors (Lipinski definition) is 5. The van der Waals surface area contributed by atoms with Crippen LogP contribution < -0.4 is 5.32 Å². The second kappa shape index (κ2) is 7.70. The van der Waals surface area contributed by atoms with Crippen molar-refractivity contribution in [2.75, 3.05) is 32.7 Å². The van der Waals surface area contributed by atoms with Crippen LogP contribution in [0.2, 0.25) is 0 Å². The van der Waals surface area contributed by atoms with Crippen LogP contribution in [0.1, 0.15) is 42.2 Å². The summed E-state index contributed by atoms with van der Waals surface area (Å²) in [4.78, 5) is 37.8. The van der Waals surface area contributed by atoms with Crippen molar-refractivity contribution in [3.8, 4) is 0 Å². The molecule has 0 radical (unpaired) electrons. The molecule has 2 aliphatic heterocycles. The number of carbonyl (C=O) groups excluding carboxylic acids is 2. The fourth-order valence-electron chi connectivity index (χ4n) is 3.44. The van der Waals surface area contributed by atoms with Crippen LogP contribution in [0.4, 0.5) is 0 Å². The van der Waals surface area contributed by atoms with Gasteiger partial charge < -0.3 is 15.1 Å². The zero-order chi connectivity index (χ0) is 16.9. The lowest BCUT2D eigenvalue weighted by Gasteiger charge is -2.37. The molecule has 0 bridgehead atoms. The molecule has 0 aromatic carbocycles. The third kappa shape index (κ3) is 3.40. The van der Waals surface area contributed by atoms with E-state index in [9.17, 15) is 9.59 Å². The molecule has 0 saturated carbocycles. The first-order valence-corrected chi connectivity index (χ1v) is 8.81. The van der Waals surface area contributed by atoms with Crippen molar-refractivity contribution in [1.82, 2.24) is 25.1 Å². The van der Waals surface area contributed by atoms with Crippen LogP contribution >= 0.6 is 0 Å². The Kier molecular flexibility index (Phi) is 5.40. The third-order valence-corrected chi connectivity index (χ3v) is 4.72. The molecular formula is C17H25N5O2. The van der Waals surface area contributed by atoms with Gasteiger partial charge in [-0.15, -0.1) is 0 Å². The van der Waals surface area contributed by atoms with Gasteiger partial charge in [0, 0.05) is 38.9 Å². The molecule has 1 aromatic rings. The molecule has 7 nitrogen and oxygen atoms in total. The maximum absolute atomic E-state index is 13.1. The first-order chi connectivity index (χ1) is 11.7. The summed E-state index contributed by atoms with van der Waals surface area (Å²) < 4.78 is 0. The van der Waals surface area contributed by atoms with Gasteiger partial charge in [-0.3, -0.25) is 9.59 Å². The van der Waals surface area contributed by atoms with Crippen molar-refractivity contribution in [3.63, 3.8) is 0 Å². The molecule has 0 spiro atoms. The number of hydrogen-bond donors (Lipinski definition) is 1. The smallest absolute Gasteiger partial charge is 0.258 e. The SMILES string of the molecule is CCCc1ncncc1C(=O)N1CCNCC1C(=O)N1CCCC1. The highest BCUT2D eigenvalue weighted by Gasteiger charge is 2.36. The zero-order valence-corrected chi connectivity index (χ0v) is 14.2. The summed E-state index contributed by atoms with van der Waals surface area (Å²) in [6.07, 6.45) is 6.81. The van der Waals surface area contributed by atoms with Gasteiger partial charge in [0.15, 0.2) is 0 Å². The fourth-order valence-corrected chi connectivity index (χ4v) is 3.44. The number of nitrogens with one attached hydrogen (secondary N) is 1. The van der Waals surface area contributed by atoms with Crippen LogP contribution in [0.5, 0.6) is 0 Å². The zero-order valence-electron chi connectivity index (χ0n) is 14.2. The molecule has 2 aliphatic rings. The Morgan fingerprint density at radius 1 is 1.29 bits per heavy atom. The third-order valence-electron chi connectivity index (χ3n) is 4.72. The van der Waals surface area contributed by atoms with E-state index in [1.54, 1.807) is 11.1 Å². The summed E-state index contributed by atoms with van der Waals surface area (Å²) in [5.41, 5.74) is 1.30. The van der Waals surface area contributed by atoms with Gasteiger partial charge in [0.2, 0.25) is 5.91 Å². The highest BCUT2D eigenvalue weighted by atomic mass is 16.2. The van der Waals surface area contributed by atoms with Gasteiger partial charge in [-0.25, -0.2) is 9.97 Å². The molecule has 1 atom stereocenters. The summed E-state index contributed by atoms with van der Waals surface area (Å²) in [6.45, 7) is 5.40. The van der Waals surface area contributed by atoms with E-state index >= 15 is 0 Å². The molecule has 130 valence electrons. The van der Waals surface area contributed by atoms with E-state index in [0.717, 1.165) is 44.5 Å². The topological polar surface area (TPSA) is 78.4 Å². The minimum atomic E-state index is -0.431. The van der Waals surface area contributed by atoms with E-state index in [0.29, 0.717) is 25.2 Å². The second-order valence-electron chi connectivity index (χ2n) is 6.38. The van der Waals surface area contributed by atoms with Gasteiger partial charge in [0.25, 0.3) is 5.91 Å². The number of piperazine rings is 1. The van der Waals surface area contributed by atoms with Crippen molar-refractivity contribution in [2.24, 2.45) is 0 Å². The highest BCUT2D eigenvalue weighted by Crippen LogP contribution is 2.17. The Morgan fingerprint density at radius 2 is 2.08 bits per heavy atom. The van der Waals surface area contributed by atoms with E-state index in [4.69, 9.17) is 0 Å². The van der Waals surface area contributed by atoms with Crippen molar-refractivity contribution >= 4 is 11.8 Å². The van der Waals surface area contributed by atoms with Crippen LogP contribution in [-0.2, 0) is 11.2 Å². The van der Waals surface area contributed by atoms with Crippen molar-refractivity contribution in [2.45, 2.75) is 38.6 Å². The predicted octanol–water partition coefficient (Wildman–Crippen LogP) is 0.466. The molecule has 7 heteroatoms. The lowest BCUT2D eigenvalue weighted by Crippen LogP contribution is -2.60. The Bertz CT molecular complexity index is 600. The van der Waals surface area contributed by atoms with Gasteiger partial charge in [0.1, 0.15) is 12.4 Å². The van der Waals surface area contributed by atoms with Crippen LogP contribution in [-0.4, -0.2) is 70.3 Å². The first kappa shape index (κ1) is 16.8. The normalized spacial score (nSPS) is 21.1. The van der Waals surface area contributed by atoms with Gasteiger partial charge in [0.05, 0.1) is 11.3 Å². The Balaban J connectivity index is 1.82. The van der Waals surface area contributed by atoms with E-state index in [2.05, 4.69) is 22.2 Å². The van der Waals surface area contributed by atoms with Crippen molar-refractivity contribution in [1.29, 1.82) is 0 Å². The molecule has 2 saturated heterocycles. The maximum Gasteiger partial charge on any atom is 0.258 e. The number of carbonyl (C=O) groups is 2. The van der Waals surface area contributed by atoms with Crippen LogP contribution in [0, 0.1) is 0 Å². The molecule has 2 amide bonds. The number of likely N-dealkylation sites (tertiary alicyclic amines) is 1. The fraction of sp³-hybridized carbons (Fsp3) is 0.647. The Labute approximate surface area is 142 Å². The maximum atomic E-state index is 13.1. The highest BCUT2D eigenvalue weighted by molar-refractivity contribution is 5.98. The van der Waals surface area contributed by atoms with Gasteiger partial charge in [-0.05, 0) is 19.3 Å². The lowest BCUT2D eigenvalue weighted by molar-refractivity contribution is -0.135. The van der Waals surface area contributed by atoms with Crippen LogP contribution in [0.15, 0.2) is 12.5 Å². The van der Waals surface area contributed by atoms with E-state index in [-0.39, 0.29) is 11.8 Å².